The van der Waals surface area contributed by atoms with Crippen LogP contribution in [0.2, 0.25) is 0 Å². The van der Waals surface area contributed by atoms with Crippen molar-refractivity contribution < 1.29 is 19.8 Å². The zero-order chi connectivity index (χ0) is 12.7. The third-order valence-corrected chi connectivity index (χ3v) is 2.01. The first-order chi connectivity index (χ1) is 8.08. The largest absolute Gasteiger partial charge is 0.508 e. The molecule has 4 N–H and O–H groups in total. The molecule has 17 heavy (non-hydrogen) atoms. The van der Waals surface area contributed by atoms with Crippen LogP contribution in [0, 0.1) is 0 Å². The zero-order valence-corrected chi connectivity index (χ0v) is 9.14. The quantitative estimate of drug-likeness (QED) is 0.605. The fraction of sp³-hybridized carbons (Fsp3) is 0.273. The Kier molecular flexibility index (Phi) is 4.80. The van der Waals surface area contributed by atoms with E-state index >= 15 is 0 Å². The summed E-state index contributed by atoms with van der Waals surface area (Å²) in [7, 11) is 0. The molecular weight excluding hydrogens is 224 g/mol. The van der Waals surface area contributed by atoms with Gasteiger partial charge in [0.05, 0.1) is 6.42 Å². The highest BCUT2D eigenvalue weighted by molar-refractivity contribution is 5.74. The van der Waals surface area contributed by atoms with Gasteiger partial charge in [-0.1, -0.05) is 12.1 Å². The van der Waals surface area contributed by atoms with E-state index in [0.29, 0.717) is 6.54 Å². The Hall–Kier alpha value is -2.24. The lowest BCUT2D eigenvalue weighted by Gasteiger charge is -2.06. The maximum atomic E-state index is 11.2. The third kappa shape index (κ3) is 5.41. The van der Waals surface area contributed by atoms with Gasteiger partial charge in [-0.15, -0.1) is 0 Å². The monoisotopic (exact) mass is 238 g/mol. The van der Waals surface area contributed by atoms with Gasteiger partial charge in [0.25, 0.3) is 0 Å². The van der Waals surface area contributed by atoms with Gasteiger partial charge in [0, 0.05) is 13.1 Å². The predicted molar refractivity (Wildman–Crippen MR) is 60.6 cm³/mol. The van der Waals surface area contributed by atoms with E-state index in [1.165, 1.54) is 12.1 Å². The molecule has 0 aliphatic rings. The minimum absolute atomic E-state index is 0.0940. The van der Waals surface area contributed by atoms with Gasteiger partial charge in [0.15, 0.2) is 0 Å². The Labute approximate surface area is 98.3 Å². The van der Waals surface area contributed by atoms with Gasteiger partial charge < -0.3 is 20.8 Å². The molecule has 1 aromatic carbocycles. The first kappa shape index (κ1) is 12.8. The minimum Gasteiger partial charge on any atom is -0.508 e. The van der Waals surface area contributed by atoms with Gasteiger partial charge in [-0.25, -0.2) is 4.79 Å². The van der Waals surface area contributed by atoms with Crippen molar-refractivity contribution in [2.45, 2.75) is 13.0 Å². The fourth-order valence-corrected chi connectivity index (χ4v) is 1.14. The van der Waals surface area contributed by atoms with E-state index in [9.17, 15) is 9.59 Å². The summed E-state index contributed by atoms with van der Waals surface area (Å²) in [4.78, 5) is 21.4. The van der Waals surface area contributed by atoms with Crippen molar-refractivity contribution in [1.82, 2.24) is 10.6 Å². The number of aliphatic carboxylic acids is 1. The molecule has 0 spiro atoms. The number of nitrogens with one attached hydrogen (secondary N) is 2. The van der Waals surface area contributed by atoms with Crippen LogP contribution in [0.1, 0.15) is 12.0 Å². The number of urea groups is 1. The number of phenolic OH excluding ortho intramolecular Hbond substituents is 1. The predicted octanol–water partition coefficient (Wildman–Crippen LogP) is 0.666. The summed E-state index contributed by atoms with van der Waals surface area (Å²) in [5.74, 6) is -0.788. The van der Waals surface area contributed by atoms with Crippen LogP contribution in [0.15, 0.2) is 24.3 Å². The van der Waals surface area contributed by atoms with Gasteiger partial charge in [-0.3, -0.25) is 4.79 Å². The van der Waals surface area contributed by atoms with E-state index in [1.54, 1.807) is 12.1 Å². The molecule has 2 amide bonds. The average Bonchev–Trinajstić information content (AvgIpc) is 2.28. The molecule has 0 radical (unpaired) electrons. The molecule has 0 aromatic heterocycles. The number of aromatic hydroxyl groups is 1. The van der Waals surface area contributed by atoms with Crippen molar-refractivity contribution in [3.8, 4) is 5.75 Å². The van der Waals surface area contributed by atoms with Crippen molar-refractivity contribution >= 4 is 12.0 Å². The Balaban J connectivity index is 2.23. The van der Waals surface area contributed by atoms with E-state index in [1.807, 2.05) is 0 Å². The lowest BCUT2D eigenvalue weighted by atomic mass is 10.2. The summed E-state index contributed by atoms with van der Waals surface area (Å²) in [6.45, 7) is 0.413. The van der Waals surface area contributed by atoms with Crippen LogP contribution < -0.4 is 10.6 Å². The van der Waals surface area contributed by atoms with Gasteiger partial charge in [-0.2, -0.15) is 0 Å². The maximum Gasteiger partial charge on any atom is 0.315 e. The molecule has 0 aliphatic carbocycles. The standard InChI is InChI=1S/C11H14N2O4/c14-9-3-1-8(2-4-9)7-13-11(17)12-6-5-10(15)16/h1-4,14H,5-7H2,(H,15,16)(H2,12,13,17). The van der Waals surface area contributed by atoms with Gasteiger partial charge in [-0.05, 0) is 17.7 Å². The highest BCUT2D eigenvalue weighted by Crippen LogP contribution is 2.08. The number of amides is 2. The highest BCUT2D eigenvalue weighted by atomic mass is 16.4. The molecule has 0 bridgehead atoms. The van der Waals surface area contributed by atoms with Gasteiger partial charge >= 0.3 is 12.0 Å². The summed E-state index contributed by atoms with van der Waals surface area (Å²) >= 11 is 0. The van der Waals surface area contributed by atoms with E-state index in [4.69, 9.17) is 10.2 Å². The Morgan fingerprint density at radius 2 is 1.76 bits per heavy atom. The Morgan fingerprint density at radius 3 is 2.35 bits per heavy atom. The smallest absolute Gasteiger partial charge is 0.315 e. The van der Waals surface area contributed by atoms with Crippen molar-refractivity contribution in [2.75, 3.05) is 6.54 Å². The summed E-state index contributed by atoms with van der Waals surface area (Å²) < 4.78 is 0. The molecule has 0 aliphatic heterocycles. The fourth-order valence-electron chi connectivity index (χ4n) is 1.14. The van der Waals surface area contributed by atoms with Crippen LogP contribution in [-0.2, 0) is 11.3 Å². The van der Waals surface area contributed by atoms with Gasteiger partial charge in [0.1, 0.15) is 5.75 Å². The second kappa shape index (κ2) is 6.37. The number of hydrogen-bond acceptors (Lipinski definition) is 3. The van der Waals surface area contributed by atoms with Crippen molar-refractivity contribution in [1.29, 1.82) is 0 Å². The second-order valence-electron chi connectivity index (χ2n) is 3.42. The molecule has 92 valence electrons. The van der Waals surface area contributed by atoms with Crippen molar-refractivity contribution in [3.63, 3.8) is 0 Å². The number of carbonyl (C=O) groups is 2. The molecule has 0 saturated heterocycles. The van der Waals surface area contributed by atoms with Crippen LogP contribution >= 0.6 is 0 Å². The number of rotatable bonds is 5. The van der Waals surface area contributed by atoms with E-state index in [2.05, 4.69) is 10.6 Å². The van der Waals surface area contributed by atoms with Crippen LogP contribution in [0.25, 0.3) is 0 Å². The van der Waals surface area contributed by atoms with E-state index in [-0.39, 0.29) is 18.7 Å². The lowest BCUT2D eigenvalue weighted by Crippen LogP contribution is -2.36. The number of benzene rings is 1. The highest BCUT2D eigenvalue weighted by Gasteiger charge is 2.01. The summed E-state index contributed by atoms with van der Waals surface area (Å²) in [5.41, 5.74) is 0.844. The van der Waals surface area contributed by atoms with E-state index in [0.717, 1.165) is 5.56 Å². The molecule has 0 atom stereocenters. The number of phenols is 1. The summed E-state index contributed by atoms with van der Waals surface area (Å²) in [6, 6.07) is 6.01. The third-order valence-electron chi connectivity index (χ3n) is 2.01. The molecule has 6 heteroatoms. The zero-order valence-electron chi connectivity index (χ0n) is 9.14. The average molecular weight is 238 g/mol. The maximum absolute atomic E-state index is 11.2. The van der Waals surface area contributed by atoms with Crippen LogP contribution in [0.5, 0.6) is 5.75 Å². The summed E-state index contributed by atoms with van der Waals surface area (Å²) in [6.07, 6.45) is -0.105. The number of carboxylic acid groups (broad SMARTS) is 1. The Bertz CT molecular complexity index is 389. The molecule has 0 heterocycles. The molecule has 6 nitrogen and oxygen atoms in total. The molecule has 1 rings (SSSR count). The van der Waals surface area contributed by atoms with Crippen LogP contribution in [0.3, 0.4) is 0 Å². The molecular formula is C11H14N2O4. The number of carboxylic acids is 1. The molecule has 0 saturated carbocycles. The molecule has 1 aromatic rings. The normalized spacial score (nSPS) is 9.65. The van der Waals surface area contributed by atoms with Crippen molar-refractivity contribution in [3.05, 3.63) is 29.8 Å². The first-order valence-corrected chi connectivity index (χ1v) is 5.09. The lowest BCUT2D eigenvalue weighted by molar-refractivity contribution is -0.136. The van der Waals surface area contributed by atoms with Crippen LogP contribution in [-0.4, -0.2) is 28.8 Å². The molecule has 0 unspecified atom stereocenters. The topological polar surface area (TPSA) is 98.7 Å². The van der Waals surface area contributed by atoms with Gasteiger partial charge in [0.2, 0.25) is 0 Å². The second-order valence-corrected chi connectivity index (χ2v) is 3.42. The van der Waals surface area contributed by atoms with E-state index < -0.39 is 12.0 Å². The first-order valence-electron chi connectivity index (χ1n) is 5.09. The SMILES string of the molecule is O=C(O)CCNC(=O)NCc1ccc(O)cc1. The minimum atomic E-state index is -0.955. The Morgan fingerprint density at radius 1 is 1.12 bits per heavy atom. The summed E-state index contributed by atoms with van der Waals surface area (Å²) in [5, 5.41) is 22.4. The molecule has 0 fully saturated rings. The van der Waals surface area contributed by atoms with Crippen molar-refractivity contribution in [2.24, 2.45) is 0 Å². The number of hydrogen-bond donors (Lipinski definition) is 4. The number of carbonyl (C=O) groups excluding carboxylic acids is 1. The van der Waals surface area contributed by atoms with Crippen LogP contribution in [0.4, 0.5) is 4.79 Å².